The summed E-state index contributed by atoms with van der Waals surface area (Å²) in [5.41, 5.74) is 4.10. The molecule has 98 valence electrons. The van der Waals surface area contributed by atoms with Gasteiger partial charge in [0.05, 0.1) is 11.3 Å². The number of likely N-dealkylation sites (N-methyl/N-ethyl adjacent to an activating group) is 1. The SMILES string of the molecule is CN1CCN(Nc2ccc(Br)cc2C(=O)O)CC1. The zero-order valence-electron chi connectivity index (χ0n) is 10.2. The number of halogens is 1. The third-order valence-corrected chi connectivity index (χ3v) is 3.49. The summed E-state index contributed by atoms with van der Waals surface area (Å²) in [7, 11) is 2.08. The van der Waals surface area contributed by atoms with Gasteiger partial charge in [-0.05, 0) is 25.2 Å². The standard InChI is InChI=1S/C12H16BrN3O2/c1-15-4-6-16(7-5-15)14-11-3-2-9(13)8-10(11)12(17)18/h2-3,8,14H,4-7H2,1H3,(H,17,18). The van der Waals surface area contributed by atoms with Gasteiger partial charge >= 0.3 is 5.97 Å². The van der Waals surface area contributed by atoms with Crippen molar-refractivity contribution in [3.05, 3.63) is 28.2 Å². The first-order valence-corrected chi connectivity index (χ1v) is 6.58. The summed E-state index contributed by atoms with van der Waals surface area (Å²) >= 11 is 3.29. The number of nitrogens with zero attached hydrogens (tertiary/aromatic N) is 2. The highest BCUT2D eigenvalue weighted by molar-refractivity contribution is 9.10. The highest BCUT2D eigenvalue weighted by atomic mass is 79.9. The van der Waals surface area contributed by atoms with E-state index in [1.54, 1.807) is 12.1 Å². The smallest absolute Gasteiger partial charge is 0.337 e. The Hall–Kier alpha value is -1.11. The largest absolute Gasteiger partial charge is 0.478 e. The Morgan fingerprint density at radius 3 is 2.61 bits per heavy atom. The van der Waals surface area contributed by atoms with Crippen LogP contribution in [0.1, 0.15) is 10.4 Å². The molecule has 0 saturated carbocycles. The number of nitrogens with one attached hydrogen (secondary N) is 1. The second-order valence-corrected chi connectivity index (χ2v) is 5.31. The molecule has 1 aromatic carbocycles. The van der Waals surface area contributed by atoms with E-state index in [-0.39, 0.29) is 5.56 Å². The number of hydrazine groups is 1. The van der Waals surface area contributed by atoms with Gasteiger partial charge in [0, 0.05) is 30.7 Å². The quantitative estimate of drug-likeness (QED) is 0.890. The predicted octanol–water partition coefficient (Wildman–Crippen LogP) is 1.72. The van der Waals surface area contributed by atoms with Crippen molar-refractivity contribution in [3.63, 3.8) is 0 Å². The predicted molar refractivity (Wildman–Crippen MR) is 73.8 cm³/mol. The van der Waals surface area contributed by atoms with E-state index in [2.05, 4.69) is 38.3 Å². The molecule has 0 bridgehead atoms. The molecule has 0 atom stereocenters. The average Bonchev–Trinajstić information content (AvgIpc) is 2.34. The van der Waals surface area contributed by atoms with Gasteiger partial charge in [-0.1, -0.05) is 15.9 Å². The van der Waals surface area contributed by atoms with Crippen LogP contribution in [0.4, 0.5) is 5.69 Å². The van der Waals surface area contributed by atoms with Crippen molar-refractivity contribution in [2.24, 2.45) is 0 Å². The van der Waals surface area contributed by atoms with Crippen LogP contribution in [0.15, 0.2) is 22.7 Å². The molecule has 0 aliphatic carbocycles. The van der Waals surface area contributed by atoms with E-state index in [0.29, 0.717) is 5.69 Å². The van der Waals surface area contributed by atoms with E-state index >= 15 is 0 Å². The summed E-state index contributed by atoms with van der Waals surface area (Å²) in [4.78, 5) is 13.4. The Morgan fingerprint density at radius 1 is 1.33 bits per heavy atom. The minimum Gasteiger partial charge on any atom is -0.478 e. The lowest BCUT2D eigenvalue weighted by Crippen LogP contribution is -2.47. The van der Waals surface area contributed by atoms with Crippen LogP contribution >= 0.6 is 15.9 Å². The first-order chi connectivity index (χ1) is 8.56. The number of hydrogen-bond acceptors (Lipinski definition) is 4. The Balaban J connectivity index is 2.11. The molecule has 6 heteroatoms. The van der Waals surface area contributed by atoms with Crippen LogP contribution < -0.4 is 5.43 Å². The van der Waals surface area contributed by atoms with Crippen LogP contribution in [0.3, 0.4) is 0 Å². The van der Waals surface area contributed by atoms with Gasteiger partial charge in [0.25, 0.3) is 0 Å². The molecule has 0 aromatic heterocycles. The van der Waals surface area contributed by atoms with Gasteiger partial charge in [-0.15, -0.1) is 0 Å². The molecule has 0 radical (unpaired) electrons. The molecule has 1 saturated heterocycles. The zero-order valence-corrected chi connectivity index (χ0v) is 11.8. The van der Waals surface area contributed by atoms with Crippen LogP contribution in [0.5, 0.6) is 0 Å². The molecule has 1 aliphatic heterocycles. The number of carbonyl (C=O) groups is 1. The molecule has 18 heavy (non-hydrogen) atoms. The summed E-state index contributed by atoms with van der Waals surface area (Å²) in [6.07, 6.45) is 0. The Morgan fingerprint density at radius 2 is 2.00 bits per heavy atom. The average molecular weight is 314 g/mol. The molecule has 5 nitrogen and oxygen atoms in total. The number of rotatable bonds is 3. The van der Waals surface area contributed by atoms with E-state index in [1.807, 2.05) is 6.07 Å². The van der Waals surface area contributed by atoms with Crippen molar-refractivity contribution in [2.45, 2.75) is 0 Å². The monoisotopic (exact) mass is 313 g/mol. The molecule has 2 rings (SSSR count). The zero-order chi connectivity index (χ0) is 13.1. The summed E-state index contributed by atoms with van der Waals surface area (Å²) in [5.74, 6) is -0.923. The highest BCUT2D eigenvalue weighted by Gasteiger charge is 2.16. The fourth-order valence-corrected chi connectivity index (χ4v) is 2.24. The van der Waals surface area contributed by atoms with Gasteiger partial charge < -0.3 is 15.4 Å². The van der Waals surface area contributed by atoms with E-state index in [0.717, 1.165) is 30.7 Å². The van der Waals surface area contributed by atoms with Crippen LogP contribution in [0.25, 0.3) is 0 Å². The molecular weight excluding hydrogens is 298 g/mol. The van der Waals surface area contributed by atoms with Gasteiger partial charge in [-0.2, -0.15) is 0 Å². The van der Waals surface area contributed by atoms with Crippen LogP contribution in [0.2, 0.25) is 0 Å². The van der Waals surface area contributed by atoms with E-state index in [4.69, 9.17) is 0 Å². The van der Waals surface area contributed by atoms with Crippen molar-refractivity contribution in [3.8, 4) is 0 Å². The lowest BCUT2D eigenvalue weighted by Gasteiger charge is -2.33. The maximum atomic E-state index is 11.2. The third kappa shape index (κ3) is 3.22. The van der Waals surface area contributed by atoms with E-state index in [1.165, 1.54) is 0 Å². The van der Waals surface area contributed by atoms with Gasteiger partial charge in [0.15, 0.2) is 0 Å². The maximum absolute atomic E-state index is 11.2. The summed E-state index contributed by atoms with van der Waals surface area (Å²) in [6, 6.07) is 5.23. The Labute approximate surface area is 114 Å². The number of piperazine rings is 1. The molecule has 1 aromatic rings. The molecule has 1 fully saturated rings. The van der Waals surface area contributed by atoms with E-state index in [9.17, 15) is 9.90 Å². The summed E-state index contributed by atoms with van der Waals surface area (Å²) < 4.78 is 0.767. The highest BCUT2D eigenvalue weighted by Crippen LogP contribution is 2.21. The van der Waals surface area contributed by atoms with Crippen LogP contribution in [-0.2, 0) is 0 Å². The fraction of sp³-hybridized carbons (Fsp3) is 0.417. The van der Waals surface area contributed by atoms with Crippen LogP contribution in [0, 0.1) is 0 Å². The molecule has 1 aliphatic rings. The minimum absolute atomic E-state index is 0.281. The third-order valence-electron chi connectivity index (χ3n) is 2.99. The number of anilines is 1. The maximum Gasteiger partial charge on any atom is 0.337 e. The number of benzene rings is 1. The number of carboxylic acids is 1. The number of hydrogen-bond donors (Lipinski definition) is 2. The van der Waals surface area contributed by atoms with Crippen molar-refractivity contribution < 1.29 is 9.90 Å². The lowest BCUT2D eigenvalue weighted by atomic mass is 10.2. The molecule has 0 unspecified atom stereocenters. The second-order valence-electron chi connectivity index (χ2n) is 4.40. The minimum atomic E-state index is -0.923. The Bertz CT molecular complexity index is 445. The van der Waals surface area contributed by atoms with Crippen molar-refractivity contribution in [1.82, 2.24) is 9.91 Å². The van der Waals surface area contributed by atoms with Crippen LogP contribution in [-0.4, -0.2) is 54.2 Å². The van der Waals surface area contributed by atoms with Gasteiger partial charge in [-0.3, -0.25) is 0 Å². The summed E-state index contributed by atoms with van der Waals surface area (Å²) in [5, 5.41) is 11.2. The summed E-state index contributed by atoms with van der Waals surface area (Å²) in [6.45, 7) is 3.72. The van der Waals surface area contributed by atoms with Gasteiger partial charge in [0.1, 0.15) is 0 Å². The number of carboxylic acid groups (broad SMARTS) is 1. The van der Waals surface area contributed by atoms with E-state index < -0.39 is 5.97 Å². The fourth-order valence-electron chi connectivity index (χ4n) is 1.88. The molecular formula is C12H16BrN3O2. The topological polar surface area (TPSA) is 55.8 Å². The molecule has 1 heterocycles. The molecule has 0 amide bonds. The first kappa shape index (κ1) is 13.3. The normalized spacial score (nSPS) is 17.7. The van der Waals surface area contributed by atoms with Gasteiger partial charge in [-0.25, -0.2) is 9.80 Å². The second kappa shape index (κ2) is 5.69. The van der Waals surface area contributed by atoms with Crippen molar-refractivity contribution >= 4 is 27.6 Å². The molecule has 0 spiro atoms. The first-order valence-electron chi connectivity index (χ1n) is 5.79. The molecule has 2 N–H and O–H groups in total. The lowest BCUT2D eigenvalue weighted by molar-refractivity contribution is 0.0697. The van der Waals surface area contributed by atoms with Crippen molar-refractivity contribution in [2.75, 3.05) is 38.7 Å². The Kier molecular flexibility index (Phi) is 4.21. The number of aromatic carboxylic acids is 1. The van der Waals surface area contributed by atoms with Gasteiger partial charge in [0.2, 0.25) is 0 Å². The van der Waals surface area contributed by atoms with Crippen molar-refractivity contribution in [1.29, 1.82) is 0 Å².